The average Bonchev–Trinajstić information content (AvgIpc) is 2.53. The Morgan fingerprint density at radius 3 is 2.21 bits per heavy atom. The summed E-state index contributed by atoms with van der Waals surface area (Å²) < 4.78 is 65.3. The first-order chi connectivity index (χ1) is 11.0. The van der Waals surface area contributed by atoms with Crippen LogP contribution in [0.5, 0.6) is 0 Å². The molecule has 1 atom stereocenters. The highest BCUT2D eigenvalue weighted by Crippen LogP contribution is 2.35. The van der Waals surface area contributed by atoms with Crippen molar-refractivity contribution in [3.8, 4) is 0 Å². The molecule has 1 aromatic carbocycles. The second-order valence-corrected chi connectivity index (χ2v) is 7.42. The number of carbonyl (C=O) groups is 1. The van der Waals surface area contributed by atoms with Crippen molar-refractivity contribution in [2.24, 2.45) is 5.73 Å². The van der Waals surface area contributed by atoms with E-state index in [1.807, 2.05) is 0 Å². The molecule has 1 fully saturated rings. The van der Waals surface area contributed by atoms with Crippen LogP contribution in [-0.4, -0.2) is 55.8 Å². The summed E-state index contributed by atoms with van der Waals surface area (Å²) in [5.41, 5.74) is 4.03. The third kappa shape index (κ3) is 3.70. The number of benzene rings is 1. The fourth-order valence-corrected chi connectivity index (χ4v) is 4.21. The van der Waals surface area contributed by atoms with E-state index < -0.39 is 38.6 Å². The number of halogens is 3. The molecule has 2 N–H and O–H groups in total. The van der Waals surface area contributed by atoms with Crippen LogP contribution in [0.4, 0.5) is 13.2 Å². The third-order valence-electron chi connectivity index (χ3n) is 4.04. The number of carbonyl (C=O) groups excluding carboxylic acids is 1. The molecule has 134 valence electrons. The predicted octanol–water partition coefficient (Wildman–Crippen LogP) is 0.886. The summed E-state index contributed by atoms with van der Waals surface area (Å²) in [4.78, 5) is 12.1. The molecule has 0 bridgehead atoms. The third-order valence-corrected chi connectivity index (χ3v) is 6.00. The minimum atomic E-state index is -4.76. The Hall–Kier alpha value is -1.65. The van der Waals surface area contributed by atoms with E-state index in [1.165, 1.54) is 6.07 Å². The first-order valence-electron chi connectivity index (χ1n) is 7.25. The maximum Gasteiger partial charge on any atom is 0.417 e. The van der Waals surface area contributed by atoms with Gasteiger partial charge in [0.1, 0.15) is 0 Å². The molecule has 1 aliphatic heterocycles. The molecule has 0 spiro atoms. The maximum atomic E-state index is 13.1. The molecule has 0 radical (unpaired) electrons. The molecule has 6 nitrogen and oxygen atoms in total. The van der Waals surface area contributed by atoms with Gasteiger partial charge in [0.05, 0.1) is 16.5 Å². The number of piperazine rings is 1. The second-order valence-electron chi connectivity index (χ2n) is 5.51. The van der Waals surface area contributed by atoms with Crippen molar-refractivity contribution >= 4 is 15.9 Å². The Balaban J connectivity index is 2.24. The van der Waals surface area contributed by atoms with Crippen molar-refractivity contribution in [3.05, 3.63) is 29.8 Å². The molecule has 1 aliphatic rings. The molecule has 1 heterocycles. The Kier molecular flexibility index (Phi) is 5.21. The van der Waals surface area contributed by atoms with Crippen molar-refractivity contribution < 1.29 is 26.4 Å². The second kappa shape index (κ2) is 6.69. The summed E-state index contributed by atoms with van der Waals surface area (Å²) in [6, 6.07) is 3.55. The lowest BCUT2D eigenvalue weighted by Crippen LogP contribution is -2.54. The Bertz CT molecular complexity index is 713. The number of sulfonamides is 1. The number of primary amides is 1. The summed E-state index contributed by atoms with van der Waals surface area (Å²) in [7, 11) is -4.27. The molecule has 0 aromatic heterocycles. The summed E-state index contributed by atoms with van der Waals surface area (Å²) in [6.07, 6.45) is -4.76. The van der Waals surface area contributed by atoms with Gasteiger partial charge in [-0.1, -0.05) is 12.1 Å². The van der Waals surface area contributed by atoms with Crippen LogP contribution in [0.25, 0.3) is 0 Å². The molecule has 1 amide bonds. The first-order valence-corrected chi connectivity index (χ1v) is 8.69. The van der Waals surface area contributed by atoms with Crippen molar-refractivity contribution in [1.82, 2.24) is 9.21 Å². The van der Waals surface area contributed by atoms with E-state index in [1.54, 1.807) is 11.8 Å². The number of hydrogen-bond acceptors (Lipinski definition) is 4. The van der Waals surface area contributed by atoms with Gasteiger partial charge in [-0.2, -0.15) is 17.5 Å². The number of nitrogens with zero attached hydrogens (tertiary/aromatic N) is 2. The number of nitrogens with two attached hydrogens (primary N) is 1. The number of amides is 1. The highest BCUT2D eigenvalue weighted by atomic mass is 32.2. The van der Waals surface area contributed by atoms with Gasteiger partial charge in [0.25, 0.3) is 0 Å². The van der Waals surface area contributed by atoms with E-state index in [4.69, 9.17) is 5.73 Å². The fourth-order valence-electron chi connectivity index (χ4n) is 2.58. The smallest absolute Gasteiger partial charge is 0.368 e. The number of rotatable bonds is 4. The molecule has 2 rings (SSSR count). The highest BCUT2D eigenvalue weighted by molar-refractivity contribution is 7.89. The summed E-state index contributed by atoms with van der Waals surface area (Å²) in [6.45, 7) is 2.03. The van der Waals surface area contributed by atoms with Crippen molar-refractivity contribution in [3.63, 3.8) is 0 Å². The lowest BCUT2D eigenvalue weighted by molar-refractivity contribution is -0.140. The standard InChI is InChI=1S/C14H18F3N3O3S/c1-10(13(18)21)19-6-8-20(9-7-19)24(22,23)12-5-3-2-4-11(12)14(15,16)17/h2-5,10H,6-9H2,1H3,(H2,18,21)/t10-/m0/s1. The van der Waals surface area contributed by atoms with E-state index in [0.29, 0.717) is 0 Å². The molecule has 1 aromatic rings. The Morgan fingerprint density at radius 2 is 1.71 bits per heavy atom. The van der Waals surface area contributed by atoms with Gasteiger partial charge in [-0.15, -0.1) is 0 Å². The Labute approximate surface area is 138 Å². The van der Waals surface area contributed by atoms with Gasteiger partial charge in [-0.3, -0.25) is 9.69 Å². The lowest BCUT2D eigenvalue weighted by Gasteiger charge is -2.36. The van der Waals surface area contributed by atoms with Crippen LogP contribution >= 0.6 is 0 Å². The summed E-state index contributed by atoms with van der Waals surface area (Å²) in [5, 5.41) is 0. The van der Waals surface area contributed by atoms with E-state index in [-0.39, 0.29) is 26.2 Å². The lowest BCUT2D eigenvalue weighted by atomic mass is 10.2. The van der Waals surface area contributed by atoms with Gasteiger partial charge in [-0.25, -0.2) is 8.42 Å². The minimum Gasteiger partial charge on any atom is -0.368 e. The van der Waals surface area contributed by atoms with Gasteiger partial charge < -0.3 is 5.73 Å². The topological polar surface area (TPSA) is 83.7 Å². The van der Waals surface area contributed by atoms with Gasteiger partial charge in [0.15, 0.2) is 0 Å². The number of hydrogen-bond donors (Lipinski definition) is 1. The van der Waals surface area contributed by atoms with Gasteiger partial charge >= 0.3 is 6.18 Å². The van der Waals surface area contributed by atoms with Crippen LogP contribution in [0.3, 0.4) is 0 Å². The van der Waals surface area contributed by atoms with Crippen LogP contribution in [0, 0.1) is 0 Å². The molecular formula is C14H18F3N3O3S. The summed E-state index contributed by atoms with van der Waals surface area (Å²) in [5.74, 6) is -0.534. The molecule has 0 saturated carbocycles. The van der Waals surface area contributed by atoms with Gasteiger partial charge in [0.2, 0.25) is 15.9 Å². The van der Waals surface area contributed by atoms with Crippen LogP contribution in [0.1, 0.15) is 12.5 Å². The van der Waals surface area contributed by atoms with Gasteiger partial charge in [0, 0.05) is 26.2 Å². The Morgan fingerprint density at radius 1 is 1.17 bits per heavy atom. The maximum absolute atomic E-state index is 13.1. The van der Waals surface area contributed by atoms with Crippen LogP contribution in [0.2, 0.25) is 0 Å². The van der Waals surface area contributed by atoms with E-state index in [2.05, 4.69) is 0 Å². The highest BCUT2D eigenvalue weighted by Gasteiger charge is 2.39. The first kappa shape index (κ1) is 18.7. The van der Waals surface area contributed by atoms with Crippen molar-refractivity contribution in [2.45, 2.75) is 24.0 Å². The monoisotopic (exact) mass is 365 g/mol. The van der Waals surface area contributed by atoms with Crippen molar-refractivity contribution in [1.29, 1.82) is 0 Å². The average molecular weight is 365 g/mol. The van der Waals surface area contributed by atoms with Crippen LogP contribution < -0.4 is 5.73 Å². The predicted molar refractivity (Wildman–Crippen MR) is 80.4 cm³/mol. The molecule has 0 aliphatic carbocycles. The SMILES string of the molecule is C[C@@H](C(N)=O)N1CCN(S(=O)(=O)c2ccccc2C(F)(F)F)CC1. The zero-order valence-electron chi connectivity index (χ0n) is 13.0. The number of alkyl halides is 3. The molecule has 24 heavy (non-hydrogen) atoms. The summed E-state index contributed by atoms with van der Waals surface area (Å²) >= 11 is 0. The van der Waals surface area contributed by atoms with E-state index >= 15 is 0 Å². The largest absolute Gasteiger partial charge is 0.417 e. The fraction of sp³-hybridized carbons (Fsp3) is 0.500. The van der Waals surface area contributed by atoms with Crippen LogP contribution in [-0.2, 0) is 21.0 Å². The quantitative estimate of drug-likeness (QED) is 0.859. The molecule has 10 heteroatoms. The van der Waals surface area contributed by atoms with E-state index in [0.717, 1.165) is 22.5 Å². The van der Waals surface area contributed by atoms with Gasteiger partial charge in [-0.05, 0) is 19.1 Å². The molecule has 1 saturated heterocycles. The zero-order chi connectivity index (χ0) is 18.1. The molecular weight excluding hydrogens is 347 g/mol. The van der Waals surface area contributed by atoms with Crippen molar-refractivity contribution in [2.75, 3.05) is 26.2 Å². The van der Waals surface area contributed by atoms with Crippen LogP contribution in [0.15, 0.2) is 29.2 Å². The minimum absolute atomic E-state index is 0.00779. The normalized spacial score (nSPS) is 19.2. The van der Waals surface area contributed by atoms with E-state index in [9.17, 15) is 26.4 Å². The zero-order valence-corrected chi connectivity index (χ0v) is 13.8. The molecule has 0 unspecified atom stereocenters.